The van der Waals surface area contributed by atoms with Crippen molar-refractivity contribution in [3.8, 4) is 0 Å². The Bertz CT molecular complexity index is 407. The lowest BCUT2D eigenvalue weighted by Gasteiger charge is -2.22. The molecule has 1 aromatic heterocycles. The summed E-state index contributed by atoms with van der Waals surface area (Å²) in [6, 6.07) is 2.69. The molecule has 0 aromatic carbocycles. The molecule has 0 N–H and O–H groups in total. The second-order valence-corrected chi connectivity index (χ2v) is 4.69. The van der Waals surface area contributed by atoms with E-state index in [1.54, 1.807) is 7.05 Å². The minimum absolute atomic E-state index is 0.0322. The Morgan fingerprint density at radius 1 is 1.69 bits per heavy atom. The summed E-state index contributed by atoms with van der Waals surface area (Å²) in [4.78, 5) is 23.6. The highest BCUT2D eigenvalue weighted by molar-refractivity contribution is 7.17. The highest BCUT2D eigenvalue weighted by Gasteiger charge is 2.21. The fraction of sp³-hybridized carbons (Fsp3) is 0.444. The van der Waals surface area contributed by atoms with E-state index in [2.05, 4.69) is 0 Å². The van der Waals surface area contributed by atoms with Gasteiger partial charge in [-0.25, -0.2) is 0 Å². The summed E-state index contributed by atoms with van der Waals surface area (Å²) < 4.78 is 0. The smallest absolute Gasteiger partial charge is 0.324 e. The first kappa shape index (κ1) is 12.9. The number of nitro groups is 1. The van der Waals surface area contributed by atoms with Gasteiger partial charge in [0.15, 0.2) is 0 Å². The number of nitrogens with zero attached hydrogens (tertiary/aromatic N) is 2. The largest absolute Gasteiger partial charge is 0.337 e. The van der Waals surface area contributed by atoms with Gasteiger partial charge in [0, 0.05) is 25.0 Å². The molecule has 16 heavy (non-hydrogen) atoms. The van der Waals surface area contributed by atoms with Crippen molar-refractivity contribution in [2.75, 3.05) is 12.9 Å². The van der Waals surface area contributed by atoms with E-state index >= 15 is 0 Å². The molecule has 1 unspecified atom stereocenters. The fourth-order valence-corrected chi connectivity index (χ4v) is 2.03. The van der Waals surface area contributed by atoms with Crippen molar-refractivity contribution in [1.82, 2.24) is 4.90 Å². The number of rotatable bonds is 4. The van der Waals surface area contributed by atoms with E-state index in [1.165, 1.54) is 17.0 Å². The van der Waals surface area contributed by atoms with Crippen LogP contribution in [-0.4, -0.2) is 34.7 Å². The number of halogens is 1. The Hall–Kier alpha value is -1.14. The second-order valence-electron chi connectivity index (χ2n) is 3.31. The van der Waals surface area contributed by atoms with Crippen LogP contribution in [0.4, 0.5) is 5.00 Å². The van der Waals surface area contributed by atoms with Gasteiger partial charge in [0.25, 0.3) is 5.91 Å². The standard InChI is InChI=1S/C9H11ClN2O3S/c1-6(5-10)11(2)9(13)7-3-4-8(16-7)12(14)15/h3-4,6H,5H2,1-2H3. The number of amides is 1. The predicted molar refractivity (Wildman–Crippen MR) is 63.2 cm³/mol. The van der Waals surface area contributed by atoms with Gasteiger partial charge < -0.3 is 4.90 Å². The highest BCUT2D eigenvalue weighted by atomic mass is 35.5. The average molecular weight is 263 g/mol. The van der Waals surface area contributed by atoms with Gasteiger partial charge >= 0.3 is 5.00 Å². The lowest BCUT2D eigenvalue weighted by molar-refractivity contribution is -0.380. The minimum Gasteiger partial charge on any atom is -0.337 e. The van der Waals surface area contributed by atoms with E-state index in [-0.39, 0.29) is 17.0 Å². The van der Waals surface area contributed by atoms with Gasteiger partial charge in [-0.1, -0.05) is 11.3 Å². The van der Waals surface area contributed by atoms with Crippen LogP contribution in [0.15, 0.2) is 12.1 Å². The van der Waals surface area contributed by atoms with E-state index in [1.807, 2.05) is 6.92 Å². The van der Waals surface area contributed by atoms with Crippen LogP contribution in [0.25, 0.3) is 0 Å². The van der Waals surface area contributed by atoms with Gasteiger partial charge in [0.1, 0.15) is 0 Å². The molecule has 1 atom stereocenters. The third kappa shape index (κ3) is 2.70. The number of thiophene rings is 1. The molecule has 0 spiro atoms. The summed E-state index contributed by atoms with van der Waals surface area (Å²) in [6.45, 7) is 1.81. The lowest BCUT2D eigenvalue weighted by Crippen LogP contribution is -2.35. The Balaban J connectivity index is 2.84. The molecular weight excluding hydrogens is 252 g/mol. The summed E-state index contributed by atoms with van der Waals surface area (Å²) in [7, 11) is 1.63. The Kier molecular flexibility index (Phi) is 4.26. The highest BCUT2D eigenvalue weighted by Crippen LogP contribution is 2.25. The molecule has 0 fully saturated rings. The van der Waals surface area contributed by atoms with E-state index in [9.17, 15) is 14.9 Å². The summed E-state index contributed by atoms with van der Waals surface area (Å²) in [5.74, 6) is 0.0849. The Labute approximate surface area is 102 Å². The van der Waals surface area contributed by atoms with Crippen LogP contribution >= 0.6 is 22.9 Å². The molecule has 88 valence electrons. The molecule has 0 saturated carbocycles. The van der Waals surface area contributed by atoms with Crippen LogP contribution in [0.5, 0.6) is 0 Å². The van der Waals surface area contributed by atoms with Gasteiger partial charge in [-0.3, -0.25) is 14.9 Å². The molecule has 1 rings (SSSR count). The molecule has 0 radical (unpaired) electrons. The molecular formula is C9H11ClN2O3S. The van der Waals surface area contributed by atoms with Crippen LogP contribution in [0, 0.1) is 10.1 Å². The molecule has 1 heterocycles. The molecule has 0 aliphatic heterocycles. The maximum atomic E-state index is 11.8. The second kappa shape index (κ2) is 5.27. The van der Waals surface area contributed by atoms with Crippen molar-refractivity contribution < 1.29 is 9.72 Å². The average Bonchev–Trinajstić information content (AvgIpc) is 2.75. The first-order valence-corrected chi connectivity index (χ1v) is 5.89. The van der Waals surface area contributed by atoms with Crippen molar-refractivity contribution in [1.29, 1.82) is 0 Å². The van der Waals surface area contributed by atoms with Gasteiger partial charge in [-0.2, -0.15) is 0 Å². The van der Waals surface area contributed by atoms with Crippen molar-refractivity contribution in [3.63, 3.8) is 0 Å². The van der Waals surface area contributed by atoms with Crippen LogP contribution in [0.2, 0.25) is 0 Å². The zero-order valence-electron chi connectivity index (χ0n) is 8.84. The van der Waals surface area contributed by atoms with Gasteiger partial charge in [0.2, 0.25) is 0 Å². The van der Waals surface area contributed by atoms with Gasteiger partial charge in [-0.05, 0) is 13.0 Å². The maximum Gasteiger partial charge on any atom is 0.324 e. The molecule has 7 heteroatoms. The van der Waals surface area contributed by atoms with Crippen LogP contribution in [0.1, 0.15) is 16.6 Å². The van der Waals surface area contributed by atoms with E-state index in [0.29, 0.717) is 10.8 Å². The Morgan fingerprint density at radius 3 is 2.75 bits per heavy atom. The molecule has 0 aliphatic rings. The summed E-state index contributed by atoms with van der Waals surface area (Å²) in [5, 5.41) is 10.4. The maximum absolute atomic E-state index is 11.8. The number of carbonyl (C=O) groups excluding carboxylic acids is 1. The summed E-state index contributed by atoms with van der Waals surface area (Å²) in [5.41, 5.74) is 0. The topological polar surface area (TPSA) is 63.5 Å². The predicted octanol–water partition coefficient (Wildman–Crippen LogP) is 2.36. The van der Waals surface area contributed by atoms with Crippen LogP contribution in [-0.2, 0) is 0 Å². The number of carbonyl (C=O) groups is 1. The van der Waals surface area contributed by atoms with E-state index in [4.69, 9.17) is 11.6 Å². The number of hydrogen-bond donors (Lipinski definition) is 0. The first-order valence-electron chi connectivity index (χ1n) is 4.54. The van der Waals surface area contributed by atoms with E-state index < -0.39 is 4.92 Å². The molecule has 0 saturated heterocycles. The normalized spacial score (nSPS) is 12.2. The van der Waals surface area contributed by atoms with Crippen molar-refractivity contribution in [2.24, 2.45) is 0 Å². The summed E-state index contributed by atoms with van der Waals surface area (Å²) in [6.07, 6.45) is 0. The van der Waals surface area contributed by atoms with Crippen LogP contribution < -0.4 is 0 Å². The van der Waals surface area contributed by atoms with E-state index in [0.717, 1.165) is 11.3 Å². The molecule has 0 bridgehead atoms. The third-order valence-electron chi connectivity index (χ3n) is 2.19. The molecule has 1 aromatic rings. The van der Waals surface area contributed by atoms with Gasteiger partial charge in [0.05, 0.1) is 9.80 Å². The number of alkyl halides is 1. The molecule has 1 amide bonds. The van der Waals surface area contributed by atoms with Crippen molar-refractivity contribution >= 4 is 33.8 Å². The Morgan fingerprint density at radius 2 is 2.31 bits per heavy atom. The van der Waals surface area contributed by atoms with Crippen molar-refractivity contribution in [3.05, 3.63) is 27.1 Å². The lowest BCUT2D eigenvalue weighted by atomic mass is 10.3. The monoisotopic (exact) mass is 262 g/mol. The number of hydrogen-bond acceptors (Lipinski definition) is 4. The van der Waals surface area contributed by atoms with Crippen LogP contribution in [0.3, 0.4) is 0 Å². The fourth-order valence-electron chi connectivity index (χ4n) is 1.02. The SMILES string of the molecule is CC(CCl)N(C)C(=O)c1ccc([N+](=O)[O-])s1. The minimum atomic E-state index is -0.508. The molecule has 0 aliphatic carbocycles. The quantitative estimate of drug-likeness (QED) is 0.475. The van der Waals surface area contributed by atoms with Gasteiger partial charge in [-0.15, -0.1) is 11.6 Å². The van der Waals surface area contributed by atoms with Crippen molar-refractivity contribution in [2.45, 2.75) is 13.0 Å². The third-order valence-corrected chi connectivity index (χ3v) is 3.66. The molecule has 5 nitrogen and oxygen atoms in total. The zero-order valence-corrected chi connectivity index (χ0v) is 10.4. The zero-order chi connectivity index (χ0) is 12.3. The first-order chi connectivity index (χ1) is 7.47. The summed E-state index contributed by atoms with van der Waals surface area (Å²) >= 11 is 6.51.